The number of fused-ring (bicyclic) bond motifs is 2. The van der Waals surface area contributed by atoms with Gasteiger partial charge in [0, 0.05) is 13.0 Å². The minimum atomic E-state index is -2.91. The number of hydrogen-bond acceptors (Lipinski definition) is 5. The Hall–Kier alpha value is -3.75. The molecule has 220 valence electrons. The van der Waals surface area contributed by atoms with E-state index in [0.29, 0.717) is 17.7 Å². The summed E-state index contributed by atoms with van der Waals surface area (Å²) in [6.45, 7) is 12.0. The van der Waals surface area contributed by atoms with Crippen molar-refractivity contribution in [3.63, 3.8) is 0 Å². The van der Waals surface area contributed by atoms with Crippen LogP contribution in [0.3, 0.4) is 0 Å². The minimum absolute atomic E-state index is 0.232. The summed E-state index contributed by atoms with van der Waals surface area (Å²) in [6.07, 6.45) is -0.0312. The molecule has 2 aliphatic rings. The summed E-state index contributed by atoms with van der Waals surface area (Å²) in [5.41, 5.74) is 0.121. The third kappa shape index (κ3) is 5.53. The fourth-order valence-electron chi connectivity index (χ4n) is 6.29. The number of benzene rings is 3. The van der Waals surface area contributed by atoms with E-state index in [4.69, 9.17) is 9.16 Å². The standard InChI is InChI=1S/C34H40N2O5Si/c1-33(2,3)40-30(37)23-36-28-20-14-13-19-27(28)31(38)35-22-24(21-29(35)32(36)39)41-42(34(4,5)6,25-15-9-7-10-16-25)26-17-11-8-12-18-26/h7-20,24,29H,21-23H2,1-6H3/t24-,29+/m1/s1. The van der Waals surface area contributed by atoms with Gasteiger partial charge in [0.25, 0.3) is 14.2 Å². The summed E-state index contributed by atoms with van der Waals surface area (Å²) in [6, 6.07) is 26.9. The van der Waals surface area contributed by atoms with E-state index in [9.17, 15) is 14.4 Å². The number of amides is 2. The third-order valence-corrected chi connectivity index (χ3v) is 13.1. The van der Waals surface area contributed by atoms with Gasteiger partial charge in [-0.25, -0.2) is 0 Å². The molecular weight excluding hydrogens is 544 g/mol. The van der Waals surface area contributed by atoms with Crippen molar-refractivity contribution in [3.05, 3.63) is 90.5 Å². The van der Waals surface area contributed by atoms with Crippen LogP contribution in [0.25, 0.3) is 0 Å². The number of carbonyl (C=O) groups excluding carboxylic acids is 3. The first-order valence-corrected chi connectivity index (χ1v) is 16.4. The summed E-state index contributed by atoms with van der Waals surface area (Å²) in [4.78, 5) is 44.1. The molecule has 0 N–H and O–H groups in total. The van der Waals surface area contributed by atoms with Crippen molar-refractivity contribution in [3.8, 4) is 0 Å². The van der Waals surface area contributed by atoms with Crippen LogP contribution in [0.1, 0.15) is 58.3 Å². The molecular formula is C34H40N2O5Si. The van der Waals surface area contributed by atoms with Crippen molar-refractivity contribution in [1.29, 1.82) is 0 Å². The Morgan fingerprint density at radius 1 is 0.833 bits per heavy atom. The Morgan fingerprint density at radius 2 is 1.38 bits per heavy atom. The second-order valence-electron chi connectivity index (χ2n) is 13.1. The first-order valence-electron chi connectivity index (χ1n) is 14.5. The van der Waals surface area contributed by atoms with Gasteiger partial charge < -0.3 is 14.1 Å². The maximum absolute atomic E-state index is 14.2. The van der Waals surface area contributed by atoms with Gasteiger partial charge in [-0.2, -0.15) is 0 Å². The van der Waals surface area contributed by atoms with E-state index in [2.05, 4.69) is 45.0 Å². The fraction of sp³-hybridized carbons (Fsp3) is 0.382. The van der Waals surface area contributed by atoms with Crippen molar-refractivity contribution in [2.45, 2.75) is 70.7 Å². The molecule has 0 spiro atoms. The topological polar surface area (TPSA) is 76.2 Å². The fourth-order valence-corrected chi connectivity index (χ4v) is 11.0. The van der Waals surface area contributed by atoms with Crippen LogP contribution in [-0.4, -0.2) is 61.8 Å². The number of hydrogen-bond donors (Lipinski definition) is 0. The molecule has 8 heteroatoms. The number of esters is 1. The highest BCUT2D eigenvalue weighted by Crippen LogP contribution is 2.40. The number of para-hydroxylation sites is 1. The summed E-state index contributed by atoms with van der Waals surface area (Å²) >= 11 is 0. The van der Waals surface area contributed by atoms with Crippen LogP contribution in [0, 0.1) is 0 Å². The zero-order chi connectivity index (χ0) is 30.3. The highest BCUT2D eigenvalue weighted by molar-refractivity contribution is 6.99. The molecule has 2 aliphatic heterocycles. The summed E-state index contributed by atoms with van der Waals surface area (Å²) < 4.78 is 12.9. The van der Waals surface area contributed by atoms with E-state index in [0.717, 1.165) is 10.4 Å². The van der Waals surface area contributed by atoms with Crippen LogP contribution in [-0.2, 0) is 18.8 Å². The number of anilines is 1. The zero-order valence-corrected chi connectivity index (χ0v) is 26.3. The molecule has 42 heavy (non-hydrogen) atoms. The Balaban J connectivity index is 1.53. The van der Waals surface area contributed by atoms with Crippen molar-refractivity contribution in [2.24, 2.45) is 0 Å². The molecule has 3 aromatic carbocycles. The monoisotopic (exact) mass is 584 g/mol. The molecule has 0 bridgehead atoms. The molecule has 3 aromatic rings. The van der Waals surface area contributed by atoms with E-state index in [1.165, 1.54) is 4.90 Å². The van der Waals surface area contributed by atoms with Crippen LogP contribution < -0.4 is 15.3 Å². The largest absolute Gasteiger partial charge is 0.459 e. The lowest BCUT2D eigenvalue weighted by Crippen LogP contribution is -2.67. The molecule has 2 amide bonds. The van der Waals surface area contributed by atoms with Crippen molar-refractivity contribution >= 4 is 42.2 Å². The van der Waals surface area contributed by atoms with E-state index in [1.54, 1.807) is 49.9 Å². The molecule has 0 saturated carbocycles. The van der Waals surface area contributed by atoms with Gasteiger partial charge in [0.2, 0.25) is 5.91 Å². The van der Waals surface area contributed by atoms with Crippen molar-refractivity contribution in [2.75, 3.05) is 18.0 Å². The number of nitrogens with zero attached hydrogens (tertiary/aromatic N) is 2. The van der Waals surface area contributed by atoms with Gasteiger partial charge in [-0.1, -0.05) is 93.6 Å². The van der Waals surface area contributed by atoms with Gasteiger partial charge in [0.1, 0.15) is 18.2 Å². The normalized spacial score (nSPS) is 19.3. The molecule has 2 heterocycles. The molecule has 7 nitrogen and oxygen atoms in total. The van der Waals surface area contributed by atoms with E-state index >= 15 is 0 Å². The minimum Gasteiger partial charge on any atom is -0.459 e. The average molecular weight is 585 g/mol. The Kier molecular flexibility index (Phi) is 7.89. The van der Waals surface area contributed by atoms with Gasteiger partial charge in [-0.05, 0) is 48.3 Å². The highest BCUT2D eigenvalue weighted by Gasteiger charge is 2.54. The molecule has 1 fully saturated rings. The molecule has 0 aliphatic carbocycles. The maximum Gasteiger partial charge on any atom is 0.326 e. The summed E-state index contributed by atoms with van der Waals surface area (Å²) in [5, 5.41) is 2.03. The second-order valence-corrected chi connectivity index (χ2v) is 17.4. The molecule has 0 unspecified atom stereocenters. The van der Waals surface area contributed by atoms with Gasteiger partial charge >= 0.3 is 5.97 Å². The lowest BCUT2D eigenvalue weighted by Gasteiger charge is -2.44. The van der Waals surface area contributed by atoms with Crippen molar-refractivity contribution in [1.82, 2.24) is 4.90 Å². The molecule has 0 aromatic heterocycles. The van der Waals surface area contributed by atoms with Gasteiger partial charge in [0.15, 0.2) is 0 Å². The molecule has 0 radical (unpaired) electrons. The number of ether oxygens (including phenoxy) is 1. The van der Waals surface area contributed by atoms with Crippen LogP contribution in [0.4, 0.5) is 5.69 Å². The molecule has 5 rings (SSSR count). The predicted octanol–water partition coefficient (Wildman–Crippen LogP) is 4.53. The SMILES string of the molecule is CC(C)(C)OC(=O)CN1C(=O)[C@@H]2C[C@@H](O[Si](c3ccccc3)(c3ccccc3)C(C)(C)C)CN2C(=O)c2ccccc21. The van der Waals surface area contributed by atoms with Gasteiger partial charge in [-0.15, -0.1) is 0 Å². The quantitative estimate of drug-likeness (QED) is 0.314. The summed E-state index contributed by atoms with van der Waals surface area (Å²) in [5.74, 6) is -1.05. The average Bonchev–Trinajstić information content (AvgIpc) is 3.34. The lowest BCUT2D eigenvalue weighted by molar-refractivity contribution is -0.153. The van der Waals surface area contributed by atoms with Gasteiger partial charge in [-0.3, -0.25) is 19.3 Å². The van der Waals surface area contributed by atoms with E-state index in [-0.39, 0.29) is 36.0 Å². The number of rotatable bonds is 6. The van der Waals surface area contributed by atoms with E-state index < -0.39 is 25.9 Å². The lowest BCUT2D eigenvalue weighted by atomic mass is 10.1. The Morgan fingerprint density at radius 3 is 1.93 bits per heavy atom. The first kappa shape index (κ1) is 29.7. The number of carbonyl (C=O) groups is 3. The zero-order valence-electron chi connectivity index (χ0n) is 25.3. The second kappa shape index (κ2) is 11.2. The van der Waals surface area contributed by atoms with E-state index in [1.807, 2.05) is 36.4 Å². The maximum atomic E-state index is 14.2. The Bertz CT molecular complexity index is 1420. The van der Waals surface area contributed by atoms with Crippen LogP contribution >= 0.6 is 0 Å². The Labute approximate surface area is 249 Å². The van der Waals surface area contributed by atoms with Crippen LogP contribution in [0.2, 0.25) is 5.04 Å². The van der Waals surface area contributed by atoms with Crippen LogP contribution in [0.5, 0.6) is 0 Å². The molecule has 1 saturated heterocycles. The van der Waals surface area contributed by atoms with Gasteiger partial charge in [0.05, 0.1) is 17.4 Å². The highest BCUT2D eigenvalue weighted by atomic mass is 28.4. The first-order chi connectivity index (χ1) is 19.8. The van der Waals surface area contributed by atoms with Crippen molar-refractivity contribution < 1.29 is 23.5 Å². The molecule has 2 atom stereocenters. The third-order valence-electron chi connectivity index (χ3n) is 7.97. The summed E-state index contributed by atoms with van der Waals surface area (Å²) in [7, 11) is -2.91. The van der Waals surface area contributed by atoms with Crippen LogP contribution in [0.15, 0.2) is 84.9 Å². The smallest absolute Gasteiger partial charge is 0.326 e. The predicted molar refractivity (Wildman–Crippen MR) is 167 cm³/mol.